The Labute approximate surface area is 135 Å². The number of anilines is 2. The van der Waals surface area contributed by atoms with Gasteiger partial charge in [0.2, 0.25) is 11.8 Å². The summed E-state index contributed by atoms with van der Waals surface area (Å²) < 4.78 is 5.13. The Bertz CT molecular complexity index is 739. The number of rotatable bonds is 5. The van der Waals surface area contributed by atoms with E-state index in [2.05, 4.69) is 10.6 Å². The Morgan fingerprint density at radius 1 is 1.00 bits per heavy atom. The highest BCUT2D eigenvalue weighted by Gasteiger charge is 2.01. The van der Waals surface area contributed by atoms with Crippen LogP contribution >= 0.6 is 0 Å². The lowest BCUT2D eigenvalue weighted by molar-refractivity contribution is -0.114. The van der Waals surface area contributed by atoms with E-state index in [1.54, 1.807) is 37.5 Å². The maximum absolute atomic E-state index is 12.0. The van der Waals surface area contributed by atoms with Crippen molar-refractivity contribution >= 4 is 29.3 Å². The van der Waals surface area contributed by atoms with Crippen molar-refractivity contribution in [1.29, 1.82) is 0 Å². The minimum absolute atomic E-state index is 0.161. The second kappa shape index (κ2) is 7.79. The molecule has 2 N–H and O–H groups in total. The van der Waals surface area contributed by atoms with Crippen molar-refractivity contribution in [2.24, 2.45) is 0 Å². The second-order valence-corrected chi connectivity index (χ2v) is 4.86. The minimum atomic E-state index is -0.257. The summed E-state index contributed by atoms with van der Waals surface area (Å²) in [5, 5.41) is 5.41. The van der Waals surface area contributed by atoms with E-state index in [1.165, 1.54) is 13.0 Å². The molecule has 0 atom stereocenters. The van der Waals surface area contributed by atoms with Gasteiger partial charge in [-0.3, -0.25) is 9.59 Å². The summed E-state index contributed by atoms with van der Waals surface area (Å²) in [5.74, 6) is 0.315. The van der Waals surface area contributed by atoms with Gasteiger partial charge in [-0.2, -0.15) is 0 Å². The van der Waals surface area contributed by atoms with Gasteiger partial charge in [0.1, 0.15) is 5.75 Å². The van der Waals surface area contributed by atoms with Crippen LogP contribution in [0.3, 0.4) is 0 Å². The van der Waals surface area contributed by atoms with E-state index in [4.69, 9.17) is 4.74 Å². The predicted octanol–water partition coefficient (Wildman–Crippen LogP) is 3.31. The van der Waals surface area contributed by atoms with Crippen LogP contribution in [0.25, 0.3) is 6.08 Å². The van der Waals surface area contributed by atoms with E-state index in [0.29, 0.717) is 11.4 Å². The molecule has 2 rings (SSSR count). The first-order chi connectivity index (χ1) is 11.1. The van der Waals surface area contributed by atoms with Crippen LogP contribution in [0.4, 0.5) is 11.4 Å². The lowest BCUT2D eigenvalue weighted by Crippen LogP contribution is -2.09. The molecule has 0 heterocycles. The van der Waals surface area contributed by atoms with Gasteiger partial charge in [0.05, 0.1) is 7.11 Å². The summed E-state index contributed by atoms with van der Waals surface area (Å²) in [5.41, 5.74) is 2.11. The van der Waals surface area contributed by atoms with Crippen molar-refractivity contribution < 1.29 is 14.3 Å². The van der Waals surface area contributed by atoms with Crippen molar-refractivity contribution in [2.45, 2.75) is 6.92 Å². The molecule has 0 saturated heterocycles. The summed E-state index contributed by atoms with van der Waals surface area (Å²) in [7, 11) is 1.59. The van der Waals surface area contributed by atoms with Gasteiger partial charge in [-0.25, -0.2) is 0 Å². The fraction of sp³-hybridized carbons (Fsp3) is 0.111. The lowest BCUT2D eigenvalue weighted by atomic mass is 10.2. The molecular formula is C18H18N2O3. The Balaban J connectivity index is 2.01. The zero-order chi connectivity index (χ0) is 16.7. The Morgan fingerprint density at radius 3 is 2.39 bits per heavy atom. The number of ether oxygens (including phenoxy) is 1. The van der Waals surface area contributed by atoms with E-state index in [-0.39, 0.29) is 11.8 Å². The molecule has 23 heavy (non-hydrogen) atoms. The molecule has 5 heteroatoms. The highest BCUT2D eigenvalue weighted by molar-refractivity contribution is 6.02. The van der Waals surface area contributed by atoms with Crippen molar-refractivity contribution in [2.75, 3.05) is 17.7 Å². The van der Waals surface area contributed by atoms with Crippen molar-refractivity contribution in [1.82, 2.24) is 0 Å². The first-order valence-corrected chi connectivity index (χ1v) is 7.07. The summed E-state index contributed by atoms with van der Waals surface area (Å²) in [4.78, 5) is 23.0. The van der Waals surface area contributed by atoms with Crippen LogP contribution in [0.2, 0.25) is 0 Å². The standard InChI is InChI=1S/C18H18N2O3/c1-13(21)19-15-6-4-7-16(12-15)20-18(22)10-9-14-5-3-8-17(11-14)23-2/h3-12H,1-2H3,(H,19,21)(H,20,22)/b10-9+. The van der Waals surface area contributed by atoms with E-state index < -0.39 is 0 Å². The van der Waals surface area contributed by atoms with Gasteiger partial charge < -0.3 is 15.4 Å². The predicted molar refractivity (Wildman–Crippen MR) is 91.4 cm³/mol. The molecule has 0 radical (unpaired) electrons. The third kappa shape index (κ3) is 5.32. The number of carbonyl (C=O) groups is 2. The number of carbonyl (C=O) groups excluding carboxylic acids is 2. The zero-order valence-electron chi connectivity index (χ0n) is 13.0. The molecule has 0 aromatic heterocycles. The number of methoxy groups -OCH3 is 1. The van der Waals surface area contributed by atoms with Crippen LogP contribution in [-0.4, -0.2) is 18.9 Å². The van der Waals surface area contributed by atoms with Gasteiger partial charge in [0, 0.05) is 24.4 Å². The topological polar surface area (TPSA) is 67.4 Å². The number of benzene rings is 2. The molecule has 0 aliphatic heterocycles. The number of nitrogens with one attached hydrogen (secondary N) is 2. The van der Waals surface area contributed by atoms with Crippen molar-refractivity contribution in [3.05, 3.63) is 60.2 Å². The smallest absolute Gasteiger partial charge is 0.248 e. The Hall–Kier alpha value is -3.08. The molecule has 0 aliphatic rings. The third-order valence-electron chi connectivity index (χ3n) is 2.97. The van der Waals surface area contributed by atoms with Crippen molar-refractivity contribution in [3.8, 4) is 5.75 Å². The molecule has 0 fully saturated rings. The SMILES string of the molecule is COc1cccc(/C=C/C(=O)Nc2cccc(NC(C)=O)c2)c1. The third-order valence-corrected chi connectivity index (χ3v) is 2.97. The molecule has 0 spiro atoms. The van der Waals surface area contributed by atoms with E-state index in [9.17, 15) is 9.59 Å². The molecule has 118 valence electrons. The Morgan fingerprint density at radius 2 is 1.70 bits per heavy atom. The monoisotopic (exact) mass is 310 g/mol. The molecule has 0 saturated carbocycles. The summed E-state index contributed by atoms with van der Waals surface area (Å²) >= 11 is 0. The molecule has 2 amide bonds. The molecule has 2 aromatic carbocycles. The molecule has 0 bridgehead atoms. The van der Waals surface area contributed by atoms with Gasteiger partial charge in [0.15, 0.2) is 0 Å². The van der Waals surface area contributed by atoms with Crippen molar-refractivity contribution in [3.63, 3.8) is 0 Å². The highest BCUT2D eigenvalue weighted by atomic mass is 16.5. The normalized spacial score (nSPS) is 10.3. The largest absolute Gasteiger partial charge is 0.497 e. The van der Waals surface area contributed by atoms with Crippen LogP contribution in [0.1, 0.15) is 12.5 Å². The van der Waals surface area contributed by atoms with Crippen LogP contribution in [0.15, 0.2) is 54.6 Å². The van der Waals surface area contributed by atoms with Gasteiger partial charge in [0.25, 0.3) is 0 Å². The molecule has 2 aromatic rings. The van der Waals surface area contributed by atoms with Gasteiger partial charge in [-0.15, -0.1) is 0 Å². The molecule has 0 aliphatic carbocycles. The van der Waals surface area contributed by atoms with E-state index >= 15 is 0 Å². The molecule has 0 unspecified atom stereocenters. The molecule has 5 nitrogen and oxygen atoms in total. The second-order valence-electron chi connectivity index (χ2n) is 4.86. The maximum Gasteiger partial charge on any atom is 0.248 e. The number of hydrogen-bond acceptors (Lipinski definition) is 3. The van der Waals surface area contributed by atoms with Gasteiger partial charge in [-0.05, 0) is 42.0 Å². The van der Waals surface area contributed by atoms with Crippen LogP contribution < -0.4 is 15.4 Å². The quantitative estimate of drug-likeness (QED) is 0.833. The van der Waals surface area contributed by atoms with E-state index in [1.807, 2.05) is 24.3 Å². The highest BCUT2D eigenvalue weighted by Crippen LogP contribution is 2.16. The first-order valence-electron chi connectivity index (χ1n) is 7.07. The summed E-state index contributed by atoms with van der Waals surface area (Å²) in [6.45, 7) is 1.43. The average molecular weight is 310 g/mol. The molecular weight excluding hydrogens is 292 g/mol. The summed E-state index contributed by atoms with van der Waals surface area (Å²) in [6.07, 6.45) is 3.15. The van der Waals surface area contributed by atoms with E-state index in [0.717, 1.165) is 11.3 Å². The number of amides is 2. The minimum Gasteiger partial charge on any atom is -0.497 e. The van der Waals surface area contributed by atoms with Crippen LogP contribution in [0, 0.1) is 0 Å². The average Bonchev–Trinajstić information content (AvgIpc) is 2.53. The fourth-order valence-corrected chi connectivity index (χ4v) is 1.98. The Kier molecular flexibility index (Phi) is 5.52. The van der Waals surface area contributed by atoms with Gasteiger partial charge in [-0.1, -0.05) is 18.2 Å². The number of hydrogen-bond donors (Lipinski definition) is 2. The first kappa shape index (κ1) is 16.3. The van der Waals surface area contributed by atoms with Gasteiger partial charge >= 0.3 is 0 Å². The zero-order valence-corrected chi connectivity index (χ0v) is 13.0. The maximum atomic E-state index is 12.0. The van der Waals surface area contributed by atoms with Crippen LogP contribution in [0.5, 0.6) is 5.75 Å². The lowest BCUT2D eigenvalue weighted by Gasteiger charge is -2.06. The van der Waals surface area contributed by atoms with Crippen LogP contribution in [-0.2, 0) is 9.59 Å². The summed E-state index contributed by atoms with van der Waals surface area (Å²) in [6, 6.07) is 14.4. The fourth-order valence-electron chi connectivity index (χ4n) is 1.98.